The molecule has 0 spiro atoms. The van der Waals surface area contributed by atoms with Crippen LogP contribution in [0.4, 0.5) is 8.78 Å². The van der Waals surface area contributed by atoms with Gasteiger partial charge in [0.1, 0.15) is 0 Å². The number of halogens is 2. The first-order chi connectivity index (χ1) is 10.5. The summed E-state index contributed by atoms with van der Waals surface area (Å²) in [5.74, 6) is -3.20. The minimum atomic E-state index is -0.891. The predicted molar refractivity (Wildman–Crippen MR) is 74.1 cm³/mol. The summed E-state index contributed by atoms with van der Waals surface area (Å²) >= 11 is 0. The summed E-state index contributed by atoms with van der Waals surface area (Å²) in [6.45, 7) is 0.910. The molecule has 0 bridgehead atoms. The van der Waals surface area contributed by atoms with Gasteiger partial charge in [0.25, 0.3) is 0 Å². The lowest BCUT2D eigenvalue weighted by atomic mass is 9.96. The predicted octanol–water partition coefficient (Wildman–Crippen LogP) is 2.39. The molecule has 1 saturated carbocycles. The number of nitrogens with zero attached hydrogens (tertiary/aromatic N) is 1. The topological polar surface area (TPSA) is 57.6 Å². The molecule has 6 heteroatoms. The number of aliphatic carboxylic acids is 1. The van der Waals surface area contributed by atoms with Gasteiger partial charge in [0, 0.05) is 19.0 Å². The normalized spacial score (nSPS) is 25.1. The van der Waals surface area contributed by atoms with Gasteiger partial charge in [-0.25, -0.2) is 8.78 Å². The van der Waals surface area contributed by atoms with Gasteiger partial charge in [0.15, 0.2) is 11.6 Å². The fourth-order valence-electron chi connectivity index (χ4n) is 3.16. The molecule has 3 rings (SSSR count). The second-order valence-electron chi connectivity index (χ2n) is 6.06. The maximum absolute atomic E-state index is 13.2. The van der Waals surface area contributed by atoms with Gasteiger partial charge in [-0.3, -0.25) is 9.59 Å². The number of amides is 1. The number of carbonyl (C=O) groups is 2. The van der Waals surface area contributed by atoms with E-state index in [0.29, 0.717) is 37.9 Å². The average Bonchev–Trinajstić information content (AvgIpc) is 3.30. The molecule has 1 N–H and O–H groups in total. The third-order valence-corrected chi connectivity index (χ3v) is 4.64. The highest BCUT2D eigenvalue weighted by Gasteiger charge is 2.46. The van der Waals surface area contributed by atoms with Crippen LogP contribution in [0.5, 0.6) is 0 Å². The van der Waals surface area contributed by atoms with E-state index in [1.165, 1.54) is 6.07 Å². The van der Waals surface area contributed by atoms with E-state index in [4.69, 9.17) is 5.11 Å². The second-order valence-corrected chi connectivity index (χ2v) is 6.06. The molecule has 1 heterocycles. The number of carboxylic acids is 1. The highest BCUT2D eigenvalue weighted by atomic mass is 19.2. The number of hydrogen-bond acceptors (Lipinski definition) is 2. The molecule has 1 aliphatic carbocycles. The summed E-state index contributed by atoms with van der Waals surface area (Å²) in [5.41, 5.74) is 0.651. The lowest BCUT2D eigenvalue weighted by molar-refractivity contribution is -0.146. The van der Waals surface area contributed by atoms with Crippen molar-refractivity contribution in [3.05, 3.63) is 35.4 Å². The smallest absolute Gasteiger partial charge is 0.306 e. The molecule has 1 amide bonds. The molecule has 1 aromatic rings. The molecule has 2 fully saturated rings. The molecule has 118 valence electrons. The Morgan fingerprint density at radius 3 is 2.41 bits per heavy atom. The Hall–Kier alpha value is -1.98. The molecule has 2 aliphatic rings. The van der Waals surface area contributed by atoms with E-state index in [9.17, 15) is 18.4 Å². The minimum Gasteiger partial charge on any atom is -0.481 e. The molecule has 1 aromatic carbocycles. The van der Waals surface area contributed by atoms with E-state index in [-0.39, 0.29) is 23.7 Å². The first-order valence-electron chi connectivity index (χ1n) is 7.44. The molecule has 0 radical (unpaired) electrons. The van der Waals surface area contributed by atoms with Crippen LogP contribution in [-0.2, 0) is 9.59 Å². The maximum Gasteiger partial charge on any atom is 0.306 e. The quantitative estimate of drug-likeness (QED) is 0.932. The van der Waals surface area contributed by atoms with Crippen molar-refractivity contribution in [3.8, 4) is 0 Å². The standard InChI is InChI=1S/C16H17F2NO3/c17-13-2-1-10(7-14(13)18)11-8-12(11)15(20)19-5-3-9(4-6-19)16(21)22/h1-2,7,9,11-12H,3-6,8H2,(H,21,22). The van der Waals surface area contributed by atoms with Crippen LogP contribution in [0.1, 0.15) is 30.7 Å². The van der Waals surface area contributed by atoms with E-state index < -0.39 is 17.6 Å². The first-order valence-corrected chi connectivity index (χ1v) is 7.44. The van der Waals surface area contributed by atoms with Gasteiger partial charge in [-0.1, -0.05) is 6.07 Å². The first kappa shape index (κ1) is 14.9. The van der Waals surface area contributed by atoms with Gasteiger partial charge in [0.2, 0.25) is 5.91 Å². The van der Waals surface area contributed by atoms with Crippen LogP contribution < -0.4 is 0 Å². The molecule has 1 aliphatic heterocycles. The number of carbonyl (C=O) groups excluding carboxylic acids is 1. The molecule has 4 nitrogen and oxygen atoms in total. The summed E-state index contributed by atoms with van der Waals surface area (Å²) in [5, 5.41) is 8.95. The summed E-state index contributed by atoms with van der Waals surface area (Å²) in [6.07, 6.45) is 1.59. The van der Waals surface area contributed by atoms with Crippen molar-refractivity contribution in [1.29, 1.82) is 0 Å². The van der Waals surface area contributed by atoms with Gasteiger partial charge < -0.3 is 10.0 Å². The number of benzene rings is 1. The Labute approximate surface area is 126 Å². The zero-order chi connectivity index (χ0) is 15.9. The number of rotatable bonds is 3. The molecule has 2 atom stereocenters. The number of hydrogen-bond donors (Lipinski definition) is 1. The Balaban J connectivity index is 1.59. The van der Waals surface area contributed by atoms with Crippen molar-refractivity contribution in [1.82, 2.24) is 4.90 Å². The third kappa shape index (κ3) is 2.82. The largest absolute Gasteiger partial charge is 0.481 e. The lowest BCUT2D eigenvalue weighted by Gasteiger charge is -2.30. The SMILES string of the molecule is O=C(O)C1CCN(C(=O)C2CC2c2ccc(F)c(F)c2)CC1. The highest BCUT2D eigenvalue weighted by molar-refractivity contribution is 5.83. The number of carboxylic acid groups (broad SMARTS) is 1. The fourth-order valence-corrected chi connectivity index (χ4v) is 3.16. The van der Waals surface area contributed by atoms with Crippen molar-refractivity contribution in [3.63, 3.8) is 0 Å². The zero-order valence-corrected chi connectivity index (χ0v) is 12.0. The molecule has 1 saturated heterocycles. The summed E-state index contributed by atoms with van der Waals surface area (Å²) in [7, 11) is 0. The fraction of sp³-hybridized carbons (Fsp3) is 0.500. The second kappa shape index (κ2) is 5.66. The molecular weight excluding hydrogens is 292 g/mol. The van der Waals surface area contributed by atoms with E-state index in [1.807, 2.05) is 0 Å². The van der Waals surface area contributed by atoms with Crippen molar-refractivity contribution in [2.45, 2.75) is 25.2 Å². The zero-order valence-electron chi connectivity index (χ0n) is 12.0. The van der Waals surface area contributed by atoms with Crippen LogP contribution in [0.2, 0.25) is 0 Å². The van der Waals surface area contributed by atoms with Crippen LogP contribution >= 0.6 is 0 Å². The Bertz CT molecular complexity index is 611. The Morgan fingerprint density at radius 2 is 1.82 bits per heavy atom. The summed E-state index contributed by atoms with van der Waals surface area (Å²) in [4.78, 5) is 25.0. The minimum absolute atomic E-state index is 0.00132. The monoisotopic (exact) mass is 309 g/mol. The molecule has 2 unspecified atom stereocenters. The van der Waals surface area contributed by atoms with Crippen LogP contribution in [0, 0.1) is 23.5 Å². The highest BCUT2D eigenvalue weighted by Crippen LogP contribution is 2.49. The van der Waals surface area contributed by atoms with Gasteiger partial charge in [-0.15, -0.1) is 0 Å². The maximum atomic E-state index is 13.2. The van der Waals surface area contributed by atoms with Crippen molar-refractivity contribution in [2.24, 2.45) is 11.8 Å². The van der Waals surface area contributed by atoms with Crippen molar-refractivity contribution >= 4 is 11.9 Å². The summed E-state index contributed by atoms with van der Waals surface area (Å²) < 4.78 is 26.2. The molecule has 22 heavy (non-hydrogen) atoms. The van der Waals surface area contributed by atoms with Crippen LogP contribution in [0.3, 0.4) is 0 Å². The van der Waals surface area contributed by atoms with E-state index in [1.54, 1.807) is 4.90 Å². The lowest BCUT2D eigenvalue weighted by Crippen LogP contribution is -2.41. The Morgan fingerprint density at radius 1 is 1.14 bits per heavy atom. The van der Waals surface area contributed by atoms with Gasteiger partial charge in [-0.2, -0.15) is 0 Å². The van der Waals surface area contributed by atoms with Gasteiger partial charge >= 0.3 is 5.97 Å². The Kier molecular flexibility index (Phi) is 3.85. The van der Waals surface area contributed by atoms with Crippen molar-refractivity contribution < 1.29 is 23.5 Å². The summed E-state index contributed by atoms with van der Waals surface area (Å²) in [6, 6.07) is 3.76. The van der Waals surface area contributed by atoms with Crippen LogP contribution in [0.25, 0.3) is 0 Å². The average molecular weight is 309 g/mol. The number of likely N-dealkylation sites (tertiary alicyclic amines) is 1. The van der Waals surface area contributed by atoms with Crippen LogP contribution in [-0.4, -0.2) is 35.0 Å². The van der Waals surface area contributed by atoms with E-state index in [2.05, 4.69) is 0 Å². The molecule has 0 aromatic heterocycles. The van der Waals surface area contributed by atoms with Gasteiger partial charge in [-0.05, 0) is 42.9 Å². The van der Waals surface area contributed by atoms with Crippen molar-refractivity contribution in [2.75, 3.05) is 13.1 Å². The molecular formula is C16H17F2NO3. The van der Waals surface area contributed by atoms with E-state index in [0.717, 1.165) is 12.1 Å². The van der Waals surface area contributed by atoms with Gasteiger partial charge in [0.05, 0.1) is 5.92 Å². The third-order valence-electron chi connectivity index (χ3n) is 4.64. The van der Waals surface area contributed by atoms with Crippen LogP contribution in [0.15, 0.2) is 18.2 Å². The number of piperidine rings is 1. The van der Waals surface area contributed by atoms with E-state index >= 15 is 0 Å².